The molecular formula is C17H28N2O. The van der Waals surface area contributed by atoms with Gasteiger partial charge in [-0.05, 0) is 50.8 Å². The maximum atomic E-state index is 12.7. The minimum Gasteiger partial charge on any atom is -0.399 e. The molecule has 0 aliphatic heterocycles. The first-order chi connectivity index (χ1) is 9.31. The number of amides is 1. The molecule has 0 aliphatic carbocycles. The maximum absolute atomic E-state index is 12.7. The van der Waals surface area contributed by atoms with Crippen LogP contribution in [0.25, 0.3) is 0 Å². The lowest BCUT2D eigenvalue weighted by molar-refractivity contribution is -0.127. The first-order valence-electron chi connectivity index (χ1n) is 7.50. The Morgan fingerprint density at radius 1 is 1.05 bits per heavy atom. The predicted molar refractivity (Wildman–Crippen MR) is 85.6 cm³/mol. The monoisotopic (exact) mass is 276 g/mol. The Morgan fingerprint density at radius 3 is 1.90 bits per heavy atom. The van der Waals surface area contributed by atoms with Gasteiger partial charge in [-0.2, -0.15) is 0 Å². The third kappa shape index (κ3) is 3.33. The van der Waals surface area contributed by atoms with E-state index in [0.29, 0.717) is 0 Å². The second-order valence-corrected chi connectivity index (χ2v) is 6.04. The van der Waals surface area contributed by atoms with E-state index in [1.165, 1.54) is 0 Å². The van der Waals surface area contributed by atoms with E-state index in [2.05, 4.69) is 26.1 Å². The summed E-state index contributed by atoms with van der Waals surface area (Å²) in [6.07, 6.45) is 2.84. The van der Waals surface area contributed by atoms with Crippen molar-refractivity contribution in [3.8, 4) is 0 Å². The second kappa shape index (κ2) is 6.29. The summed E-state index contributed by atoms with van der Waals surface area (Å²) >= 11 is 0. The number of nitrogen functional groups attached to an aromatic ring is 1. The van der Waals surface area contributed by atoms with Crippen LogP contribution < -0.4 is 11.1 Å². The van der Waals surface area contributed by atoms with Gasteiger partial charge in [0.15, 0.2) is 0 Å². The molecule has 0 unspecified atom stereocenters. The van der Waals surface area contributed by atoms with Crippen molar-refractivity contribution in [2.24, 2.45) is 0 Å². The Balaban J connectivity index is 2.97. The van der Waals surface area contributed by atoms with Crippen molar-refractivity contribution in [1.82, 2.24) is 5.32 Å². The summed E-state index contributed by atoms with van der Waals surface area (Å²) in [5.74, 6) is 0.0767. The molecule has 1 rings (SSSR count). The van der Waals surface area contributed by atoms with E-state index in [1.54, 1.807) is 0 Å². The van der Waals surface area contributed by atoms with Gasteiger partial charge in [0.2, 0.25) is 5.91 Å². The highest BCUT2D eigenvalue weighted by atomic mass is 16.2. The van der Waals surface area contributed by atoms with Crippen molar-refractivity contribution >= 4 is 11.6 Å². The predicted octanol–water partition coefficient (Wildman–Crippen LogP) is 3.63. The van der Waals surface area contributed by atoms with Gasteiger partial charge in [0, 0.05) is 11.2 Å². The highest BCUT2D eigenvalue weighted by Gasteiger charge is 2.35. The van der Waals surface area contributed by atoms with E-state index in [-0.39, 0.29) is 11.4 Å². The zero-order valence-corrected chi connectivity index (χ0v) is 13.4. The molecule has 0 fully saturated rings. The lowest BCUT2D eigenvalue weighted by Gasteiger charge is -2.36. The molecular weight excluding hydrogens is 248 g/mol. The fraction of sp³-hybridized carbons (Fsp3) is 0.588. The number of carbonyl (C=O) groups excluding carboxylic acids is 1. The maximum Gasteiger partial charge on any atom is 0.230 e. The molecule has 0 spiro atoms. The summed E-state index contributed by atoms with van der Waals surface area (Å²) in [6.45, 7) is 10.3. The smallest absolute Gasteiger partial charge is 0.230 e. The van der Waals surface area contributed by atoms with E-state index >= 15 is 0 Å². The molecule has 0 bridgehead atoms. The molecule has 20 heavy (non-hydrogen) atoms. The summed E-state index contributed by atoms with van der Waals surface area (Å²) in [5, 5.41) is 3.26. The Hall–Kier alpha value is -1.51. The van der Waals surface area contributed by atoms with Crippen LogP contribution in [-0.2, 0) is 10.2 Å². The molecule has 1 amide bonds. The van der Waals surface area contributed by atoms with Crippen LogP contribution in [0, 0.1) is 0 Å². The van der Waals surface area contributed by atoms with E-state index in [0.717, 1.165) is 30.5 Å². The zero-order valence-electron chi connectivity index (χ0n) is 13.4. The van der Waals surface area contributed by atoms with Crippen molar-refractivity contribution in [3.05, 3.63) is 29.8 Å². The molecule has 0 saturated carbocycles. The average Bonchev–Trinajstić information content (AvgIpc) is 2.45. The van der Waals surface area contributed by atoms with Crippen LogP contribution in [0.15, 0.2) is 24.3 Å². The summed E-state index contributed by atoms with van der Waals surface area (Å²) in [5.41, 5.74) is 6.76. The van der Waals surface area contributed by atoms with Gasteiger partial charge in [-0.25, -0.2) is 0 Å². The third-order valence-corrected chi connectivity index (χ3v) is 4.61. The number of hydrogen-bond donors (Lipinski definition) is 2. The average molecular weight is 276 g/mol. The normalized spacial score (nSPS) is 12.2. The molecule has 0 aromatic heterocycles. The number of carbonyl (C=O) groups is 1. The molecule has 0 heterocycles. The van der Waals surface area contributed by atoms with Crippen LogP contribution in [0.4, 0.5) is 5.69 Å². The van der Waals surface area contributed by atoms with Gasteiger partial charge >= 0.3 is 0 Å². The summed E-state index contributed by atoms with van der Waals surface area (Å²) in [7, 11) is 0. The summed E-state index contributed by atoms with van der Waals surface area (Å²) < 4.78 is 0. The molecule has 3 N–H and O–H groups in total. The number of nitrogens with one attached hydrogen (secondary N) is 1. The topological polar surface area (TPSA) is 55.1 Å². The molecule has 0 saturated heterocycles. The highest BCUT2D eigenvalue weighted by Crippen LogP contribution is 2.27. The van der Waals surface area contributed by atoms with Crippen molar-refractivity contribution in [2.75, 3.05) is 5.73 Å². The molecule has 0 aliphatic rings. The van der Waals surface area contributed by atoms with Gasteiger partial charge < -0.3 is 11.1 Å². The molecule has 0 radical (unpaired) electrons. The highest BCUT2D eigenvalue weighted by molar-refractivity contribution is 5.88. The molecule has 0 atom stereocenters. The van der Waals surface area contributed by atoms with Crippen LogP contribution in [-0.4, -0.2) is 11.4 Å². The number of anilines is 1. The SMILES string of the molecule is CCC(CC)(CC)NC(=O)C(C)(C)c1ccc(N)cc1. The minimum atomic E-state index is -0.557. The summed E-state index contributed by atoms with van der Waals surface area (Å²) in [6, 6.07) is 7.55. The van der Waals surface area contributed by atoms with Crippen LogP contribution in [0.3, 0.4) is 0 Å². The van der Waals surface area contributed by atoms with Gasteiger partial charge in [-0.15, -0.1) is 0 Å². The molecule has 3 nitrogen and oxygen atoms in total. The zero-order chi connectivity index (χ0) is 15.4. The van der Waals surface area contributed by atoms with Crippen molar-refractivity contribution < 1.29 is 4.79 Å². The lowest BCUT2D eigenvalue weighted by Crippen LogP contribution is -2.52. The lowest BCUT2D eigenvalue weighted by atomic mass is 9.81. The second-order valence-electron chi connectivity index (χ2n) is 6.04. The quantitative estimate of drug-likeness (QED) is 0.779. The molecule has 1 aromatic rings. The summed E-state index contributed by atoms with van der Waals surface area (Å²) in [4.78, 5) is 12.7. The molecule has 3 heteroatoms. The van der Waals surface area contributed by atoms with E-state index in [1.807, 2.05) is 38.1 Å². The Morgan fingerprint density at radius 2 is 1.50 bits per heavy atom. The first kappa shape index (κ1) is 16.5. The van der Waals surface area contributed by atoms with Crippen molar-refractivity contribution in [1.29, 1.82) is 0 Å². The van der Waals surface area contributed by atoms with E-state index in [4.69, 9.17) is 5.73 Å². The van der Waals surface area contributed by atoms with Gasteiger partial charge in [0.05, 0.1) is 5.41 Å². The van der Waals surface area contributed by atoms with Gasteiger partial charge in [-0.3, -0.25) is 4.79 Å². The van der Waals surface area contributed by atoms with Crippen LogP contribution >= 0.6 is 0 Å². The van der Waals surface area contributed by atoms with Crippen molar-refractivity contribution in [3.63, 3.8) is 0 Å². The number of hydrogen-bond acceptors (Lipinski definition) is 2. The first-order valence-corrected chi connectivity index (χ1v) is 7.50. The Bertz CT molecular complexity index is 436. The van der Waals surface area contributed by atoms with Crippen molar-refractivity contribution in [2.45, 2.75) is 64.8 Å². The van der Waals surface area contributed by atoms with Crippen LogP contribution in [0.1, 0.15) is 59.4 Å². The Kier molecular flexibility index (Phi) is 5.21. The standard InChI is InChI=1S/C17H28N2O/c1-6-17(7-2,8-3)19-15(20)16(4,5)13-9-11-14(18)12-10-13/h9-12H,6-8,18H2,1-5H3,(H,19,20). The minimum absolute atomic E-state index is 0.0767. The van der Waals surface area contributed by atoms with Gasteiger partial charge in [-0.1, -0.05) is 32.9 Å². The number of benzene rings is 1. The Labute approximate surface area is 122 Å². The van der Waals surface area contributed by atoms with E-state index in [9.17, 15) is 4.79 Å². The molecule has 1 aromatic carbocycles. The van der Waals surface area contributed by atoms with E-state index < -0.39 is 5.41 Å². The van der Waals surface area contributed by atoms with Crippen LogP contribution in [0.2, 0.25) is 0 Å². The molecule has 112 valence electrons. The largest absolute Gasteiger partial charge is 0.399 e. The van der Waals surface area contributed by atoms with Crippen LogP contribution in [0.5, 0.6) is 0 Å². The van der Waals surface area contributed by atoms with Gasteiger partial charge in [0.1, 0.15) is 0 Å². The fourth-order valence-corrected chi connectivity index (χ4v) is 2.44. The fourth-order valence-electron chi connectivity index (χ4n) is 2.44. The number of rotatable bonds is 6. The third-order valence-electron chi connectivity index (χ3n) is 4.61. The number of nitrogens with two attached hydrogens (primary N) is 1. The van der Waals surface area contributed by atoms with Gasteiger partial charge in [0.25, 0.3) is 0 Å².